The van der Waals surface area contributed by atoms with Crippen LogP contribution in [0.15, 0.2) is 42.6 Å². The number of aromatic nitrogens is 2. The minimum absolute atomic E-state index is 0.138. The van der Waals surface area contributed by atoms with E-state index in [0.717, 1.165) is 20.9 Å². The molecule has 1 aromatic heterocycles. The van der Waals surface area contributed by atoms with E-state index in [9.17, 15) is 14.9 Å². The average molecular weight is 416 g/mol. The smallest absolute Gasteiger partial charge is 0.315 e. The van der Waals surface area contributed by atoms with E-state index in [-0.39, 0.29) is 24.7 Å². The molecule has 0 aliphatic carbocycles. The van der Waals surface area contributed by atoms with Crippen molar-refractivity contribution in [3.8, 4) is 12.1 Å². The summed E-state index contributed by atoms with van der Waals surface area (Å²) >= 11 is 1.32. The first-order valence-electron chi connectivity index (χ1n) is 9.24. The fourth-order valence-corrected chi connectivity index (χ4v) is 4.92. The van der Waals surface area contributed by atoms with E-state index in [4.69, 9.17) is 5.26 Å². The quantitative estimate of drug-likeness (QED) is 0.753. The van der Waals surface area contributed by atoms with Gasteiger partial charge in [0.1, 0.15) is 5.25 Å². The number of benzene rings is 1. The summed E-state index contributed by atoms with van der Waals surface area (Å²) in [5.41, 5.74) is 1.99. The Kier molecular flexibility index (Phi) is 5.21. The van der Waals surface area contributed by atoms with Crippen LogP contribution in [0.2, 0.25) is 0 Å². The molecular formula is C21H16N6O2S. The molecule has 1 aromatic carbocycles. The molecule has 3 heterocycles. The Hall–Kier alpha value is -3.69. The predicted octanol–water partition coefficient (Wildman–Crippen LogP) is 2.86. The Labute approximate surface area is 177 Å². The van der Waals surface area contributed by atoms with Gasteiger partial charge in [0.25, 0.3) is 5.91 Å². The van der Waals surface area contributed by atoms with Crippen LogP contribution in [0.5, 0.6) is 0 Å². The molecule has 2 aromatic rings. The number of fused-ring (bicyclic) bond motifs is 1. The highest BCUT2D eigenvalue weighted by Crippen LogP contribution is 2.45. The van der Waals surface area contributed by atoms with Crippen LogP contribution in [0.3, 0.4) is 0 Å². The van der Waals surface area contributed by atoms with Gasteiger partial charge in [-0.15, -0.1) is 16.9 Å². The lowest BCUT2D eigenvalue weighted by molar-refractivity contribution is -0.119. The number of nitriles is 2. The summed E-state index contributed by atoms with van der Waals surface area (Å²) in [4.78, 5) is 29.9. The number of urea groups is 1. The highest BCUT2D eigenvalue weighted by Gasteiger charge is 2.50. The number of imide groups is 1. The molecule has 8 nitrogen and oxygen atoms in total. The van der Waals surface area contributed by atoms with Gasteiger partial charge in [-0.05, 0) is 30.7 Å². The van der Waals surface area contributed by atoms with E-state index in [0.29, 0.717) is 5.56 Å². The van der Waals surface area contributed by atoms with Crippen LogP contribution < -0.4 is 4.90 Å². The van der Waals surface area contributed by atoms with Crippen molar-refractivity contribution >= 4 is 34.4 Å². The second-order valence-electron chi connectivity index (χ2n) is 6.87. The number of hydrogen-bond donors (Lipinski definition) is 0. The first-order chi connectivity index (χ1) is 14.5. The summed E-state index contributed by atoms with van der Waals surface area (Å²) in [7, 11) is 0. The number of aryl methyl sites for hydroxylation is 1. The Bertz CT molecular complexity index is 1150. The summed E-state index contributed by atoms with van der Waals surface area (Å²) in [5, 5.41) is 25.7. The van der Waals surface area contributed by atoms with E-state index < -0.39 is 17.3 Å². The number of thioether (sulfide) groups is 1. The van der Waals surface area contributed by atoms with Gasteiger partial charge >= 0.3 is 6.03 Å². The third-order valence-electron chi connectivity index (χ3n) is 4.93. The summed E-state index contributed by atoms with van der Waals surface area (Å²) in [5.74, 6) is -0.222. The summed E-state index contributed by atoms with van der Waals surface area (Å²) in [6, 6.07) is 12.0. The van der Waals surface area contributed by atoms with Crippen LogP contribution in [-0.2, 0) is 4.79 Å². The monoisotopic (exact) mass is 416 g/mol. The van der Waals surface area contributed by atoms with Crippen LogP contribution in [0.1, 0.15) is 23.1 Å². The molecular weight excluding hydrogens is 400 g/mol. The number of carbonyl (C=O) groups excluding carboxylic acids is 2. The number of amides is 3. The molecule has 3 amide bonds. The molecule has 0 N–H and O–H groups in total. The number of nitrogens with zero attached hydrogens (tertiary/aromatic N) is 6. The summed E-state index contributed by atoms with van der Waals surface area (Å²) < 4.78 is 0. The first kappa shape index (κ1) is 19.6. The van der Waals surface area contributed by atoms with Gasteiger partial charge in [0.2, 0.25) is 0 Å². The topological polar surface area (TPSA) is 114 Å². The molecule has 9 heteroatoms. The Morgan fingerprint density at radius 2 is 2.03 bits per heavy atom. The van der Waals surface area contributed by atoms with Gasteiger partial charge in [-0.1, -0.05) is 18.2 Å². The molecule has 2 aliphatic heterocycles. The molecule has 1 fully saturated rings. The van der Waals surface area contributed by atoms with Crippen molar-refractivity contribution in [2.75, 3.05) is 11.4 Å². The fourth-order valence-electron chi connectivity index (χ4n) is 3.55. The van der Waals surface area contributed by atoms with Crippen molar-refractivity contribution in [2.24, 2.45) is 0 Å². The molecule has 0 spiro atoms. The molecule has 2 aliphatic rings. The molecule has 0 saturated carbocycles. The largest absolute Gasteiger partial charge is 0.333 e. The van der Waals surface area contributed by atoms with E-state index in [1.54, 1.807) is 31.3 Å². The summed E-state index contributed by atoms with van der Waals surface area (Å²) in [6.07, 6.45) is 3.53. The van der Waals surface area contributed by atoms with Gasteiger partial charge < -0.3 is 4.90 Å². The van der Waals surface area contributed by atoms with Crippen LogP contribution in [0.25, 0.3) is 4.91 Å². The average Bonchev–Trinajstić information content (AvgIpc) is 3.19. The molecule has 4 rings (SSSR count). The molecule has 0 radical (unpaired) electrons. The standard InChI is InChI=1S/C21H16N6O2S/c1-13-9-18(25-24-12-13)27-20(28)19-16(26(21(27)29)8-4-7-22)10-17(30-19)15-6-3-2-5-14(15)11-23/h2-3,5-6,9-10,12,16,19H,4,8H2,1H3. The highest BCUT2D eigenvalue weighted by atomic mass is 32.2. The Balaban J connectivity index is 1.75. The lowest BCUT2D eigenvalue weighted by Gasteiger charge is -2.40. The highest BCUT2D eigenvalue weighted by molar-refractivity contribution is 8.09. The fraction of sp³-hybridized carbons (Fsp3) is 0.238. The van der Waals surface area contributed by atoms with Crippen LogP contribution in [-0.4, -0.2) is 44.9 Å². The van der Waals surface area contributed by atoms with Gasteiger partial charge in [-0.3, -0.25) is 4.79 Å². The van der Waals surface area contributed by atoms with Gasteiger partial charge in [0.05, 0.1) is 36.4 Å². The van der Waals surface area contributed by atoms with E-state index >= 15 is 0 Å². The zero-order chi connectivity index (χ0) is 21.3. The van der Waals surface area contributed by atoms with Gasteiger partial charge in [0.15, 0.2) is 5.82 Å². The number of carbonyl (C=O) groups is 2. The molecule has 0 bridgehead atoms. The van der Waals surface area contributed by atoms with Crippen molar-refractivity contribution in [2.45, 2.75) is 24.6 Å². The second kappa shape index (κ2) is 7.97. The Morgan fingerprint density at radius 1 is 1.23 bits per heavy atom. The molecule has 1 saturated heterocycles. The van der Waals surface area contributed by atoms with E-state index in [1.165, 1.54) is 16.7 Å². The summed E-state index contributed by atoms with van der Waals surface area (Å²) in [6.45, 7) is 1.99. The van der Waals surface area contributed by atoms with E-state index in [2.05, 4.69) is 22.3 Å². The number of rotatable bonds is 4. The minimum Gasteiger partial charge on any atom is -0.315 e. The SMILES string of the molecule is Cc1cnnc(N2C(=O)C3SC(c4ccccc4C#N)=CC3N(CCC#N)C2=O)c1. The third kappa shape index (κ3) is 3.30. The van der Waals surface area contributed by atoms with Crippen LogP contribution in [0, 0.1) is 29.6 Å². The zero-order valence-corrected chi connectivity index (χ0v) is 16.8. The number of anilines is 1. The first-order valence-corrected chi connectivity index (χ1v) is 10.1. The zero-order valence-electron chi connectivity index (χ0n) is 16.0. The van der Waals surface area contributed by atoms with Crippen molar-refractivity contribution in [1.82, 2.24) is 15.1 Å². The minimum atomic E-state index is -0.592. The van der Waals surface area contributed by atoms with Crippen molar-refractivity contribution in [3.05, 3.63) is 59.3 Å². The maximum Gasteiger partial charge on any atom is 0.333 e. The van der Waals surface area contributed by atoms with Crippen LogP contribution >= 0.6 is 11.8 Å². The van der Waals surface area contributed by atoms with Crippen molar-refractivity contribution < 1.29 is 9.59 Å². The Morgan fingerprint density at radius 3 is 2.77 bits per heavy atom. The molecule has 2 unspecified atom stereocenters. The normalized spacial score (nSPS) is 20.4. The van der Waals surface area contributed by atoms with Crippen LogP contribution in [0.4, 0.5) is 10.6 Å². The number of hydrogen-bond acceptors (Lipinski definition) is 7. The maximum absolute atomic E-state index is 13.3. The molecule has 30 heavy (non-hydrogen) atoms. The second-order valence-corrected chi connectivity index (χ2v) is 8.05. The van der Waals surface area contributed by atoms with Crippen molar-refractivity contribution in [1.29, 1.82) is 10.5 Å². The maximum atomic E-state index is 13.3. The molecule has 148 valence electrons. The predicted molar refractivity (Wildman–Crippen MR) is 111 cm³/mol. The lowest BCUT2D eigenvalue weighted by atomic mass is 10.0. The third-order valence-corrected chi connectivity index (χ3v) is 6.28. The molecule has 2 atom stereocenters. The van der Waals surface area contributed by atoms with E-state index in [1.807, 2.05) is 18.2 Å². The van der Waals surface area contributed by atoms with Gasteiger partial charge in [-0.25, -0.2) is 9.69 Å². The van der Waals surface area contributed by atoms with Gasteiger partial charge in [0, 0.05) is 17.0 Å². The van der Waals surface area contributed by atoms with Gasteiger partial charge in [-0.2, -0.15) is 15.6 Å². The van der Waals surface area contributed by atoms with Crippen molar-refractivity contribution in [3.63, 3.8) is 0 Å². The lowest BCUT2D eigenvalue weighted by Crippen LogP contribution is -2.62.